The maximum atomic E-state index is 3.91. The van der Waals surface area contributed by atoms with Gasteiger partial charge in [0.15, 0.2) is 0 Å². The zero-order valence-corrected chi connectivity index (χ0v) is 11.5. The van der Waals surface area contributed by atoms with E-state index in [0.717, 1.165) is 6.54 Å². The van der Waals surface area contributed by atoms with Gasteiger partial charge in [0.1, 0.15) is 0 Å². The van der Waals surface area contributed by atoms with E-state index in [4.69, 9.17) is 0 Å². The lowest BCUT2D eigenvalue weighted by Crippen LogP contribution is -1.93. The fraction of sp³-hybridized carbons (Fsp3) is 0.111. The fourth-order valence-corrected chi connectivity index (χ4v) is 3.30. The number of hydrogen-bond donors (Lipinski definition) is 0. The number of para-hydroxylation sites is 2. The van der Waals surface area contributed by atoms with Gasteiger partial charge < -0.3 is 9.13 Å². The average molecular weight is 260 g/mol. The van der Waals surface area contributed by atoms with Crippen molar-refractivity contribution < 1.29 is 0 Å². The van der Waals surface area contributed by atoms with Crippen molar-refractivity contribution in [2.45, 2.75) is 6.54 Å². The number of nitrogens with zero attached hydrogens (tertiary/aromatic N) is 2. The van der Waals surface area contributed by atoms with Gasteiger partial charge in [0.25, 0.3) is 0 Å². The molecular weight excluding hydrogens is 244 g/mol. The van der Waals surface area contributed by atoms with Crippen LogP contribution in [0, 0.1) is 0 Å². The Bertz CT molecular complexity index is 948. The van der Waals surface area contributed by atoms with Crippen LogP contribution in [0.25, 0.3) is 32.8 Å². The topological polar surface area (TPSA) is 9.86 Å². The van der Waals surface area contributed by atoms with Crippen molar-refractivity contribution in [2.24, 2.45) is 7.05 Å². The maximum Gasteiger partial charge on any atom is 0.0756 e. The molecule has 98 valence electrons. The zero-order chi connectivity index (χ0) is 13.7. The van der Waals surface area contributed by atoms with Crippen LogP contribution in [0.2, 0.25) is 0 Å². The molecule has 0 atom stereocenters. The van der Waals surface area contributed by atoms with E-state index in [-0.39, 0.29) is 0 Å². The summed E-state index contributed by atoms with van der Waals surface area (Å²) < 4.78 is 4.66. The molecular formula is C18H16N2. The molecule has 0 radical (unpaired) electrons. The van der Waals surface area contributed by atoms with E-state index in [1.54, 1.807) is 0 Å². The number of rotatable bonds is 2. The van der Waals surface area contributed by atoms with Gasteiger partial charge in [-0.1, -0.05) is 42.5 Å². The van der Waals surface area contributed by atoms with E-state index < -0.39 is 0 Å². The van der Waals surface area contributed by atoms with Crippen molar-refractivity contribution in [3.63, 3.8) is 0 Å². The molecule has 0 saturated heterocycles. The normalized spacial score (nSPS) is 11.7. The largest absolute Gasteiger partial charge is 0.342 e. The molecule has 0 amide bonds. The number of allylic oxidation sites excluding steroid dienone is 1. The van der Waals surface area contributed by atoms with Gasteiger partial charge >= 0.3 is 0 Å². The predicted molar refractivity (Wildman–Crippen MR) is 86.1 cm³/mol. The summed E-state index contributed by atoms with van der Waals surface area (Å²) in [7, 11) is 2.15. The molecule has 0 aliphatic rings. The van der Waals surface area contributed by atoms with Crippen molar-refractivity contribution in [2.75, 3.05) is 0 Å². The van der Waals surface area contributed by atoms with Crippen molar-refractivity contribution in [1.82, 2.24) is 9.13 Å². The molecule has 0 saturated carbocycles. The first-order valence-corrected chi connectivity index (χ1v) is 6.88. The minimum atomic E-state index is 0.831. The lowest BCUT2D eigenvalue weighted by molar-refractivity contribution is 0.903. The van der Waals surface area contributed by atoms with Gasteiger partial charge in [-0.3, -0.25) is 0 Å². The molecule has 0 fully saturated rings. The maximum absolute atomic E-state index is 3.91. The molecule has 0 bridgehead atoms. The van der Waals surface area contributed by atoms with E-state index in [1.807, 2.05) is 6.08 Å². The highest BCUT2D eigenvalue weighted by Crippen LogP contribution is 2.35. The Morgan fingerprint density at radius 2 is 1.50 bits per heavy atom. The van der Waals surface area contributed by atoms with Crippen LogP contribution in [0.5, 0.6) is 0 Å². The van der Waals surface area contributed by atoms with E-state index in [0.29, 0.717) is 0 Å². The zero-order valence-electron chi connectivity index (χ0n) is 11.5. The highest BCUT2D eigenvalue weighted by Gasteiger charge is 2.16. The van der Waals surface area contributed by atoms with E-state index in [2.05, 4.69) is 71.3 Å². The second-order valence-corrected chi connectivity index (χ2v) is 5.19. The predicted octanol–water partition coefficient (Wildman–Crippen LogP) is 4.47. The molecule has 4 aromatic rings. The third-order valence-electron chi connectivity index (χ3n) is 4.11. The second kappa shape index (κ2) is 4.01. The summed E-state index contributed by atoms with van der Waals surface area (Å²) in [5, 5.41) is 2.62. The molecule has 2 nitrogen and oxygen atoms in total. The first-order chi connectivity index (χ1) is 9.83. The van der Waals surface area contributed by atoms with Gasteiger partial charge in [-0.15, -0.1) is 6.58 Å². The summed E-state index contributed by atoms with van der Waals surface area (Å²) in [4.78, 5) is 0. The summed E-state index contributed by atoms with van der Waals surface area (Å²) in [6.45, 7) is 4.74. The highest BCUT2D eigenvalue weighted by molar-refractivity contribution is 6.18. The van der Waals surface area contributed by atoms with Gasteiger partial charge in [-0.05, 0) is 12.1 Å². The molecule has 0 aliphatic heterocycles. The smallest absolute Gasteiger partial charge is 0.0756 e. The van der Waals surface area contributed by atoms with Crippen molar-refractivity contribution in [3.05, 3.63) is 61.2 Å². The number of hydrogen-bond acceptors (Lipinski definition) is 0. The molecule has 20 heavy (non-hydrogen) atoms. The molecule has 2 aromatic carbocycles. The summed E-state index contributed by atoms with van der Waals surface area (Å²) >= 11 is 0. The van der Waals surface area contributed by atoms with Gasteiger partial charge in [0.05, 0.1) is 22.1 Å². The second-order valence-electron chi connectivity index (χ2n) is 5.19. The summed E-state index contributed by atoms with van der Waals surface area (Å²) in [5.74, 6) is 0. The Morgan fingerprint density at radius 3 is 2.20 bits per heavy atom. The first-order valence-electron chi connectivity index (χ1n) is 6.88. The van der Waals surface area contributed by atoms with Gasteiger partial charge in [0.2, 0.25) is 0 Å². The SMILES string of the molecule is C=CCn1c2ccccc2c2c1c1ccccc1n2C. The lowest BCUT2D eigenvalue weighted by Gasteiger charge is -2.03. The molecule has 0 spiro atoms. The molecule has 2 heterocycles. The summed E-state index contributed by atoms with van der Waals surface area (Å²) in [5.41, 5.74) is 5.17. The van der Waals surface area contributed by atoms with Crippen LogP contribution in [0.15, 0.2) is 61.2 Å². The number of fused-ring (bicyclic) bond motifs is 5. The van der Waals surface area contributed by atoms with E-state index in [9.17, 15) is 0 Å². The quantitative estimate of drug-likeness (QED) is 0.470. The van der Waals surface area contributed by atoms with Crippen LogP contribution < -0.4 is 0 Å². The number of aromatic nitrogens is 2. The monoisotopic (exact) mass is 260 g/mol. The number of benzene rings is 2. The van der Waals surface area contributed by atoms with Crippen molar-refractivity contribution in [1.29, 1.82) is 0 Å². The van der Waals surface area contributed by atoms with E-state index in [1.165, 1.54) is 32.8 Å². The molecule has 2 heteroatoms. The molecule has 2 aromatic heterocycles. The lowest BCUT2D eigenvalue weighted by atomic mass is 10.2. The minimum Gasteiger partial charge on any atom is -0.342 e. The molecule has 4 rings (SSSR count). The Balaban J connectivity index is 2.36. The molecule has 0 aliphatic carbocycles. The van der Waals surface area contributed by atoms with Gasteiger partial charge in [-0.2, -0.15) is 0 Å². The van der Waals surface area contributed by atoms with Crippen LogP contribution in [0.4, 0.5) is 0 Å². The minimum absolute atomic E-state index is 0.831. The fourth-order valence-electron chi connectivity index (χ4n) is 3.30. The van der Waals surface area contributed by atoms with E-state index >= 15 is 0 Å². The van der Waals surface area contributed by atoms with Crippen LogP contribution in [-0.2, 0) is 13.6 Å². The summed E-state index contributed by atoms with van der Waals surface area (Å²) in [6, 6.07) is 17.2. The summed E-state index contributed by atoms with van der Waals surface area (Å²) in [6.07, 6.45) is 1.97. The van der Waals surface area contributed by atoms with Crippen LogP contribution in [0.1, 0.15) is 0 Å². The standard InChI is InChI=1S/C18H16N2/c1-3-12-20-16-11-7-5-9-14(16)17-18(20)13-8-4-6-10-15(13)19(17)2/h3-11H,1,12H2,2H3. The van der Waals surface area contributed by atoms with Crippen LogP contribution in [-0.4, -0.2) is 9.13 Å². The average Bonchev–Trinajstić information content (AvgIpc) is 2.96. The van der Waals surface area contributed by atoms with Gasteiger partial charge in [-0.25, -0.2) is 0 Å². The Hall–Kier alpha value is -2.48. The third-order valence-corrected chi connectivity index (χ3v) is 4.11. The first kappa shape index (κ1) is 11.4. The van der Waals surface area contributed by atoms with Crippen LogP contribution >= 0.6 is 0 Å². The third kappa shape index (κ3) is 1.28. The number of aryl methyl sites for hydroxylation is 1. The Kier molecular flexibility index (Phi) is 2.27. The molecule has 0 unspecified atom stereocenters. The Labute approximate surface area is 117 Å². The van der Waals surface area contributed by atoms with Gasteiger partial charge in [0, 0.05) is 24.4 Å². The van der Waals surface area contributed by atoms with Crippen molar-refractivity contribution >= 4 is 32.8 Å². The van der Waals surface area contributed by atoms with Crippen LogP contribution in [0.3, 0.4) is 0 Å². The Morgan fingerprint density at radius 1 is 0.900 bits per heavy atom. The van der Waals surface area contributed by atoms with Crippen molar-refractivity contribution in [3.8, 4) is 0 Å². The molecule has 0 N–H and O–H groups in total. The highest BCUT2D eigenvalue weighted by atomic mass is 15.0.